The number of ether oxygens (including phenoxy) is 2. The van der Waals surface area contributed by atoms with Crippen LogP contribution in [-0.4, -0.2) is 110 Å². The van der Waals surface area contributed by atoms with Gasteiger partial charge in [-0.05, 0) is 44.9 Å². The Morgan fingerprint density at radius 2 is 0.685 bits per heavy atom. The summed E-state index contributed by atoms with van der Waals surface area (Å²) in [5.74, 6) is -0.689. The molecule has 8 N–H and O–H groups in total. The summed E-state index contributed by atoms with van der Waals surface area (Å²) >= 11 is 0. The Morgan fingerprint density at radius 1 is 0.393 bits per heavy atom. The van der Waals surface area contributed by atoms with Gasteiger partial charge in [0.15, 0.2) is 6.29 Å². The van der Waals surface area contributed by atoms with Crippen LogP contribution in [0.2, 0.25) is 0 Å². The van der Waals surface area contributed by atoms with E-state index in [9.17, 15) is 40.5 Å². The highest BCUT2D eigenvalue weighted by atomic mass is 16.7. The van der Waals surface area contributed by atoms with Crippen LogP contribution in [0.25, 0.3) is 0 Å². The lowest BCUT2D eigenvalue weighted by atomic mass is 9.98. The van der Waals surface area contributed by atoms with Gasteiger partial charge < -0.3 is 50.5 Å². The lowest BCUT2D eigenvalue weighted by Gasteiger charge is -2.40. The number of nitrogens with one attached hydrogen (secondary N) is 1. The number of rotatable bonds is 70. The largest absolute Gasteiger partial charge is 0.394 e. The molecule has 0 aromatic rings. The van der Waals surface area contributed by atoms with Gasteiger partial charge >= 0.3 is 0 Å². The van der Waals surface area contributed by atoms with Crippen LogP contribution in [-0.2, 0) is 14.3 Å². The molecule has 11 heteroatoms. The van der Waals surface area contributed by atoms with Crippen LogP contribution in [0.1, 0.15) is 399 Å². The maximum absolute atomic E-state index is 13.3. The van der Waals surface area contributed by atoms with Gasteiger partial charge in [0, 0.05) is 0 Å². The third kappa shape index (κ3) is 53.5. The normalized spacial score (nSPS) is 18.6. The number of hydrogen-bond donors (Lipinski definition) is 8. The Hall–Kier alpha value is -1.41. The zero-order valence-electron chi connectivity index (χ0n) is 58.7. The summed E-state index contributed by atoms with van der Waals surface area (Å²) in [6.07, 6.45) is 74.2. The quantitative estimate of drug-likeness (QED) is 0.0215. The van der Waals surface area contributed by atoms with Gasteiger partial charge in [-0.25, -0.2) is 0 Å². The van der Waals surface area contributed by atoms with Crippen molar-refractivity contribution >= 4 is 5.91 Å². The van der Waals surface area contributed by atoms with E-state index in [4.69, 9.17) is 9.47 Å². The van der Waals surface area contributed by atoms with Crippen LogP contribution in [0, 0.1) is 0 Å². The van der Waals surface area contributed by atoms with Crippen LogP contribution in [0.3, 0.4) is 0 Å². The number of hydrogen-bond acceptors (Lipinski definition) is 10. The van der Waals surface area contributed by atoms with Crippen molar-refractivity contribution in [2.24, 2.45) is 0 Å². The Morgan fingerprint density at radius 3 is 1.00 bits per heavy atom. The summed E-state index contributed by atoms with van der Waals surface area (Å²) < 4.78 is 11.2. The second-order valence-corrected chi connectivity index (χ2v) is 27.8. The molecule has 1 amide bonds. The number of carbonyl (C=O) groups excluding carboxylic acids is 1. The summed E-state index contributed by atoms with van der Waals surface area (Å²) in [6.45, 7) is 3.53. The van der Waals surface area contributed by atoms with Gasteiger partial charge in [-0.1, -0.05) is 378 Å². The lowest BCUT2D eigenvalue weighted by Crippen LogP contribution is -2.60. The molecule has 0 aromatic heterocycles. The summed E-state index contributed by atoms with van der Waals surface area (Å²) in [5.41, 5.74) is 0. The summed E-state index contributed by atoms with van der Waals surface area (Å²) in [7, 11) is 0. The first-order chi connectivity index (χ1) is 43.7. The van der Waals surface area contributed by atoms with Gasteiger partial charge in [-0.15, -0.1) is 0 Å². The highest BCUT2D eigenvalue weighted by Crippen LogP contribution is 2.24. The fraction of sp³-hybridized carbons (Fsp3) is 0.936. The second kappa shape index (κ2) is 66.6. The van der Waals surface area contributed by atoms with Crippen LogP contribution in [0.15, 0.2) is 24.3 Å². The van der Waals surface area contributed by atoms with E-state index >= 15 is 0 Å². The van der Waals surface area contributed by atoms with Crippen molar-refractivity contribution in [1.29, 1.82) is 0 Å². The molecule has 0 saturated carbocycles. The molecule has 528 valence electrons. The van der Waals surface area contributed by atoms with Crippen LogP contribution >= 0.6 is 0 Å². The standard InChI is InChI=1S/C78H151NO10/c1-3-5-7-9-11-13-15-17-19-21-23-25-27-29-31-33-35-36-38-40-42-44-46-48-50-52-54-56-58-60-62-64-66-71(82)77(87)79-69(68-88-78-76(86)75(85)74(84)72(67-80)89-78)73(83)70(81)65-63-61-59-57-55-53-51-49-47-45-43-41-39-37-34-32-30-28-26-24-22-20-18-16-14-12-10-8-6-4-2/h23,25,29,31,69-76,78,80-86H,3-22,24,26-28,30,32-68H2,1-2H3,(H,79,87)/b25-23-,31-29-. The minimum Gasteiger partial charge on any atom is -0.394 e. The number of aliphatic hydroxyl groups is 7. The molecule has 0 spiro atoms. The molecule has 89 heavy (non-hydrogen) atoms. The molecule has 1 aliphatic rings. The van der Waals surface area contributed by atoms with Crippen LogP contribution in [0.4, 0.5) is 0 Å². The van der Waals surface area contributed by atoms with Crippen molar-refractivity contribution in [3.05, 3.63) is 24.3 Å². The van der Waals surface area contributed by atoms with Crippen molar-refractivity contribution in [3.63, 3.8) is 0 Å². The van der Waals surface area contributed by atoms with Crippen molar-refractivity contribution in [3.8, 4) is 0 Å². The van der Waals surface area contributed by atoms with Crippen molar-refractivity contribution in [2.45, 2.75) is 454 Å². The fourth-order valence-electron chi connectivity index (χ4n) is 13.0. The van der Waals surface area contributed by atoms with Gasteiger partial charge in [-0.2, -0.15) is 0 Å². The van der Waals surface area contributed by atoms with Crippen LogP contribution in [0.5, 0.6) is 0 Å². The van der Waals surface area contributed by atoms with E-state index in [1.807, 2.05) is 0 Å². The molecule has 0 bridgehead atoms. The molecule has 0 aliphatic carbocycles. The van der Waals surface area contributed by atoms with Gasteiger partial charge in [0.05, 0.1) is 25.4 Å². The van der Waals surface area contributed by atoms with Crippen LogP contribution < -0.4 is 5.32 Å². The maximum Gasteiger partial charge on any atom is 0.249 e. The minimum atomic E-state index is -1.66. The van der Waals surface area contributed by atoms with E-state index in [2.05, 4.69) is 43.5 Å². The number of carbonyl (C=O) groups is 1. The van der Waals surface area contributed by atoms with E-state index in [1.165, 1.54) is 315 Å². The first-order valence-electron chi connectivity index (χ1n) is 39.2. The number of allylic oxidation sites excluding steroid dienone is 4. The minimum absolute atomic E-state index is 0.263. The Labute approximate surface area is 550 Å². The van der Waals surface area contributed by atoms with E-state index in [0.717, 1.165) is 44.9 Å². The fourth-order valence-corrected chi connectivity index (χ4v) is 13.0. The zero-order valence-corrected chi connectivity index (χ0v) is 58.7. The van der Waals surface area contributed by atoms with E-state index < -0.39 is 74.2 Å². The predicted octanol–water partition coefficient (Wildman–Crippen LogP) is 19.9. The van der Waals surface area contributed by atoms with Gasteiger partial charge in [0.1, 0.15) is 36.6 Å². The molecule has 1 rings (SSSR count). The molecule has 1 saturated heterocycles. The average molecular weight is 1260 g/mol. The molecule has 11 nitrogen and oxygen atoms in total. The smallest absolute Gasteiger partial charge is 0.249 e. The molecule has 1 fully saturated rings. The highest BCUT2D eigenvalue weighted by molar-refractivity contribution is 5.80. The SMILES string of the molecule is CCCCCCCCCCC/C=C\C/C=C\CCCCCCCCCCCCCCCCCCC(O)C(=O)NC(COC1OC(CO)C(O)C(O)C1O)C(O)C(O)CCCCCCCCCCCCCCCCCCCCCCCCCCCCCCCC. The molecule has 0 radical (unpaired) electrons. The molecule has 9 atom stereocenters. The van der Waals surface area contributed by atoms with E-state index in [-0.39, 0.29) is 6.42 Å². The zero-order chi connectivity index (χ0) is 64.6. The number of amides is 1. The van der Waals surface area contributed by atoms with Gasteiger partial charge in [0.25, 0.3) is 0 Å². The van der Waals surface area contributed by atoms with Crippen molar-refractivity contribution in [1.82, 2.24) is 5.32 Å². The Bertz CT molecular complexity index is 1500. The van der Waals surface area contributed by atoms with Gasteiger partial charge in [0.2, 0.25) is 5.91 Å². The molecular weight excluding hydrogens is 1110 g/mol. The first-order valence-corrected chi connectivity index (χ1v) is 39.2. The molecule has 1 heterocycles. The molecule has 9 unspecified atom stereocenters. The van der Waals surface area contributed by atoms with E-state index in [1.54, 1.807) is 0 Å². The molecule has 1 aliphatic heterocycles. The second-order valence-electron chi connectivity index (χ2n) is 27.8. The Balaban J connectivity index is 2.14. The summed E-state index contributed by atoms with van der Waals surface area (Å²) in [6, 6.07) is -1.17. The maximum atomic E-state index is 13.3. The van der Waals surface area contributed by atoms with Gasteiger partial charge in [-0.3, -0.25) is 4.79 Å². The third-order valence-electron chi connectivity index (χ3n) is 19.3. The summed E-state index contributed by atoms with van der Waals surface area (Å²) in [5, 5.41) is 76.7. The third-order valence-corrected chi connectivity index (χ3v) is 19.3. The monoisotopic (exact) mass is 1260 g/mol. The predicted molar refractivity (Wildman–Crippen MR) is 376 cm³/mol. The number of aliphatic hydroxyl groups excluding tert-OH is 7. The topological polar surface area (TPSA) is 189 Å². The Kier molecular flexibility index (Phi) is 64.1. The van der Waals surface area contributed by atoms with Crippen molar-refractivity contribution in [2.75, 3.05) is 13.2 Å². The molecular formula is C78H151NO10. The average Bonchev–Trinajstić information content (AvgIpc) is 3.68. The van der Waals surface area contributed by atoms with Crippen molar-refractivity contribution < 1.29 is 50.0 Å². The number of unbranched alkanes of at least 4 members (excludes halogenated alkanes) is 54. The highest BCUT2D eigenvalue weighted by Gasteiger charge is 2.44. The first kappa shape index (κ1) is 85.6. The van der Waals surface area contributed by atoms with E-state index in [0.29, 0.717) is 19.3 Å². The lowest BCUT2D eigenvalue weighted by molar-refractivity contribution is -0.303. The summed E-state index contributed by atoms with van der Waals surface area (Å²) in [4.78, 5) is 13.3. The molecule has 0 aromatic carbocycles.